The first-order valence-corrected chi connectivity index (χ1v) is 6.55. The highest BCUT2D eigenvalue weighted by Crippen LogP contribution is 2.25. The number of hydrogen-bond acceptors (Lipinski definition) is 5. The molecule has 108 valence electrons. The third kappa shape index (κ3) is 3.93. The second kappa shape index (κ2) is 5.49. The number of sulfonamides is 1. The van der Waals surface area contributed by atoms with E-state index in [4.69, 9.17) is 17.4 Å². The molecule has 0 saturated heterocycles. The number of halogens is 4. The standard InChI is InChI=1S/C8H10ClF3N4O2S/c1-16(4-8(10,11)12)19(17,18)5-2-6(9)7(15-13)14-3-5/h2-3H,4,13H2,1H3,(H,14,15). The number of nitrogens with two attached hydrogens (primary N) is 1. The van der Waals surface area contributed by atoms with Crippen LogP contribution in [-0.4, -0.2) is 37.5 Å². The largest absolute Gasteiger partial charge is 0.402 e. The zero-order chi connectivity index (χ0) is 14.8. The lowest BCUT2D eigenvalue weighted by atomic mass is 10.5. The average molecular weight is 319 g/mol. The van der Waals surface area contributed by atoms with E-state index in [1.54, 1.807) is 0 Å². The summed E-state index contributed by atoms with van der Waals surface area (Å²) < 4.78 is 60.4. The summed E-state index contributed by atoms with van der Waals surface area (Å²) in [5, 5.41) is -0.121. The Hall–Kier alpha value is -1.10. The topological polar surface area (TPSA) is 88.3 Å². The number of anilines is 1. The molecule has 0 radical (unpaired) electrons. The van der Waals surface area contributed by atoms with Crippen LogP contribution in [0.1, 0.15) is 0 Å². The lowest BCUT2D eigenvalue weighted by Crippen LogP contribution is -2.35. The number of nitrogen functional groups attached to an aromatic ring is 1. The van der Waals surface area contributed by atoms with Gasteiger partial charge in [0, 0.05) is 13.2 Å². The van der Waals surface area contributed by atoms with Crippen molar-refractivity contribution in [1.82, 2.24) is 9.29 Å². The molecule has 6 nitrogen and oxygen atoms in total. The number of hydrazine groups is 1. The van der Waals surface area contributed by atoms with Gasteiger partial charge in [0.05, 0.1) is 5.02 Å². The molecule has 0 aromatic carbocycles. The fraction of sp³-hybridized carbons (Fsp3) is 0.375. The zero-order valence-electron chi connectivity index (χ0n) is 9.57. The molecule has 11 heteroatoms. The van der Waals surface area contributed by atoms with Gasteiger partial charge in [0.15, 0.2) is 5.82 Å². The maximum Gasteiger partial charge on any atom is 0.402 e. The van der Waals surface area contributed by atoms with E-state index >= 15 is 0 Å². The van der Waals surface area contributed by atoms with Crippen LogP contribution in [-0.2, 0) is 10.0 Å². The van der Waals surface area contributed by atoms with Gasteiger partial charge in [-0.25, -0.2) is 19.2 Å². The Morgan fingerprint density at radius 1 is 1.53 bits per heavy atom. The van der Waals surface area contributed by atoms with Crippen LogP contribution in [0.4, 0.5) is 19.0 Å². The van der Waals surface area contributed by atoms with Gasteiger partial charge in [-0.1, -0.05) is 11.6 Å². The minimum atomic E-state index is -4.64. The molecule has 1 aromatic heterocycles. The van der Waals surface area contributed by atoms with E-state index in [1.165, 1.54) is 0 Å². The first-order valence-electron chi connectivity index (χ1n) is 4.73. The summed E-state index contributed by atoms with van der Waals surface area (Å²) in [4.78, 5) is 3.13. The molecule has 0 amide bonds. The highest BCUT2D eigenvalue weighted by Gasteiger charge is 2.35. The fourth-order valence-electron chi connectivity index (χ4n) is 1.19. The van der Waals surface area contributed by atoms with Crippen molar-refractivity contribution in [2.24, 2.45) is 5.84 Å². The molecule has 0 aliphatic heterocycles. The molecule has 1 rings (SSSR count). The van der Waals surface area contributed by atoms with Gasteiger partial charge in [0.25, 0.3) is 0 Å². The van der Waals surface area contributed by atoms with E-state index in [0.717, 1.165) is 19.3 Å². The normalized spacial score (nSPS) is 12.8. The predicted octanol–water partition coefficient (Wildman–Crippen LogP) is 1.20. The van der Waals surface area contributed by atoms with Crippen molar-refractivity contribution >= 4 is 27.4 Å². The summed E-state index contributed by atoms with van der Waals surface area (Å²) in [7, 11) is -3.51. The Kier molecular flexibility index (Phi) is 4.61. The summed E-state index contributed by atoms with van der Waals surface area (Å²) in [6.07, 6.45) is -3.78. The predicted molar refractivity (Wildman–Crippen MR) is 62.9 cm³/mol. The molecule has 0 unspecified atom stereocenters. The van der Waals surface area contributed by atoms with Crippen LogP contribution < -0.4 is 11.3 Å². The van der Waals surface area contributed by atoms with Crippen molar-refractivity contribution in [3.8, 4) is 0 Å². The van der Waals surface area contributed by atoms with Gasteiger partial charge in [-0.15, -0.1) is 0 Å². The van der Waals surface area contributed by atoms with Gasteiger partial charge >= 0.3 is 6.18 Å². The van der Waals surface area contributed by atoms with E-state index in [-0.39, 0.29) is 15.1 Å². The molecular formula is C8H10ClF3N4O2S. The van der Waals surface area contributed by atoms with Crippen molar-refractivity contribution in [2.75, 3.05) is 19.0 Å². The Balaban J connectivity index is 3.10. The minimum absolute atomic E-state index is 0.0130. The Morgan fingerprint density at radius 2 is 2.11 bits per heavy atom. The van der Waals surface area contributed by atoms with Gasteiger partial charge in [-0.3, -0.25) is 0 Å². The van der Waals surface area contributed by atoms with Gasteiger partial charge < -0.3 is 5.43 Å². The number of alkyl halides is 3. The highest BCUT2D eigenvalue weighted by molar-refractivity contribution is 7.89. The summed E-state index contributed by atoms with van der Waals surface area (Å²) in [5.41, 5.74) is 2.11. The molecule has 0 atom stereocenters. The molecule has 0 aliphatic carbocycles. The van der Waals surface area contributed by atoms with Crippen LogP contribution in [0.3, 0.4) is 0 Å². The molecule has 0 spiro atoms. The lowest BCUT2D eigenvalue weighted by molar-refractivity contribution is -0.134. The number of nitrogens with zero attached hydrogens (tertiary/aromatic N) is 2. The van der Waals surface area contributed by atoms with Crippen molar-refractivity contribution in [3.63, 3.8) is 0 Å². The monoisotopic (exact) mass is 318 g/mol. The van der Waals surface area contributed by atoms with Gasteiger partial charge in [-0.05, 0) is 6.07 Å². The van der Waals surface area contributed by atoms with E-state index in [1.807, 2.05) is 0 Å². The van der Waals surface area contributed by atoms with Crippen LogP contribution in [0.15, 0.2) is 17.2 Å². The van der Waals surface area contributed by atoms with E-state index < -0.39 is 27.6 Å². The number of pyridine rings is 1. The fourth-order valence-corrected chi connectivity index (χ4v) is 2.60. The van der Waals surface area contributed by atoms with E-state index in [0.29, 0.717) is 0 Å². The molecule has 0 aliphatic rings. The maximum absolute atomic E-state index is 12.2. The van der Waals surface area contributed by atoms with E-state index in [2.05, 4.69) is 10.4 Å². The van der Waals surface area contributed by atoms with Gasteiger partial charge in [0.1, 0.15) is 11.4 Å². The molecule has 1 heterocycles. The quantitative estimate of drug-likeness (QED) is 0.643. The van der Waals surface area contributed by atoms with Crippen LogP contribution in [0.2, 0.25) is 5.02 Å². The van der Waals surface area contributed by atoms with Gasteiger partial charge in [0.2, 0.25) is 10.0 Å². The molecule has 0 saturated carbocycles. The molecular weight excluding hydrogens is 309 g/mol. The summed E-state index contributed by atoms with van der Waals surface area (Å²) in [6, 6.07) is 0.964. The van der Waals surface area contributed by atoms with Gasteiger partial charge in [-0.2, -0.15) is 17.5 Å². The summed E-state index contributed by atoms with van der Waals surface area (Å²) in [6.45, 7) is -1.61. The number of aromatic nitrogens is 1. The van der Waals surface area contributed by atoms with Crippen LogP contribution in [0.5, 0.6) is 0 Å². The van der Waals surface area contributed by atoms with Crippen LogP contribution >= 0.6 is 11.6 Å². The summed E-state index contributed by atoms with van der Waals surface area (Å²) >= 11 is 5.66. The van der Waals surface area contributed by atoms with Crippen LogP contribution in [0, 0.1) is 0 Å². The molecule has 19 heavy (non-hydrogen) atoms. The van der Waals surface area contributed by atoms with Crippen molar-refractivity contribution in [3.05, 3.63) is 17.3 Å². The Bertz CT molecular complexity index is 564. The van der Waals surface area contributed by atoms with Crippen molar-refractivity contribution in [1.29, 1.82) is 0 Å². The molecule has 3 N–H and O–H groups in total. The number of hydrogen-bond donors (Lipinski definition) is 2. The second-order valence-corrected chi connectivity index (χ2v) is 5.97. The molecule has 0 bridgehead atoms. The SMILES string of the molecule is CN(CC(F)(F)F)S(=O)(=O)c1cnc(NN)c(Cl)c1. The number of rotatable bonds is 4. The molecule has 0 fully saturated rings. The highest BCUT2D eigenvalue weighted by atomic mass is 35.5. The third-order valence-electron chi connectivity index (χ3n) is 2.06. The molecule has 1 aromatic rings. The Morgan fingerprint density at radius 3 is 2.53 bits per heavy atom. The first-order chi connectivity index (χ1) is 8.58. The maximum atomic E-state index is 12.2. The van der Waals surface area contributed by atoms with Crippen LogP contribution in [0.25, 0.3) is 0 Å². The minimum Gasteiger partial charge on any atom is -0.307 e. The number of nitrogens with one attached hydrogen (secondary N) is 1. The smallest absolute Gasteiger partial charge is 0.307 e. The van der Waals surface area contributed by atoms with E-state index in [9.17, 15) is 21.6 Å². The Labute approximate surface area is 112 Å². The van der Waals surface area contributed by atoms with Crippen molar-refractivity contribution in [2.45, 2.75) is 11.1 Å². The second-order valence-electron chi connectivity index (χ2n) is 3.52. The zero-order valence-corrected chi connectivity index (χ0v) is 11.1. The lowest BCUT2D eigenvalue weighted by Gasteiger charge is -2.18. The average Bonchev–Trinajstić information content (AvgIpc) is 2.26. The summed E-state index contributed by atoms with van der Waals surface area (Å²) in [5.74, 6) is 5.06. The first kappa shape index (κ1) is 16.0. The third-order valence-corrected chi connectivity index (χ3v) is 4.12. The van der Waals surface area contributed by atoms with Crippen molar-refractivity contribution < 1.29 is 21.6 Å².